The molecule has 2 nitrogen and oxygen atoms in total. The standard InChI is InChI=1S/C7H11NO/c1-2-3-6-4-7(9)5-8-6/h2,6,8H,1,3-5H2. The summed E-state index contributed by atoms with van der Waals surface area (Å²) in [5.74, 6) is 0.321. The fourth-order valence-electron chi connectivity index (χ4n) is 1.05. The molecule has 1 heterocycles. The van der Waals surface area contributed by atoms with Crippen LogP contribution in [0.25, 0.3) is 0 Å². The normalized spacial score (nSPS) is 26.7. The Balaban J connectivity index is 2.29. The van der Waals surface area contributed by atoms with Gasteiger partial charge < -0.3 is 5.32 Å². The third-order valence-electron chi connectivity index (χ3n) is 1.51. The highest BCUT2D eigenvalue weighted by Crippen LogP contribution is 2.05. The molecule has 0 amide bonds. The van der Waals surface area contributed by atoms with Crippen molar-refractivity contribution in [2.75, 3.05) is 6.54 Å². The van der Waals surface area contributed by atoms with E-state index in [9.17, 15) is 4.79 Å². The third-order valence-corrected chi connectivity index (χ3v) is 1.51. The van der Waals surface area contributed by atoms with Gasteiger partial charge in [0.1, 0.15) is 5.78 Å². The van der Waals surface area contributed by atoms with Crippen LogP contribution in [0.15, 0.2) is 12.7 Å². The first kappa shape index (κ1) is 6.49. The minimum Gasteiger partial charge on any atom is -0.306 e. The van der Waals surface area contributed by atoms with E-state index in [1.54, 1.807) is 0 Å². The molecule has 1 N–H and O–H groups in total. The lowest BCUT2D eigenvalue weighted by molar-refractivity contribution is -0.116. The van der Waals surface area contributed by atoms with Crippen molar-refractivity contribution in [2.45, 2.75) is 18.9 Å². The van der Waals surface area contributed by atoms with Crippen molar-refractivity contribution in [1.82, 2.24) is 5.32 Å². The highest BCUT2D eigenvalue weighted by Gasteiger charge is 2.18. The Labute approximate surface area is 54.9 Å². The Hall–Kier alpha value is -0.630. The summed E-state index contributed by atoms with van der Waals surface area (Å²) in [4.78, 5) is 10.6. The quantitative estimate of drug-likeness (QED) is 0.544. The van der Waals surface area contributed by atoms with Gasteiger partial charge in [-0.2, -0.15) is 0 Å². The predicted octanol–water partition coefficient (Wildman–Crippen LogP) is 0.493. The van der Waals surface area contributed by atoms with Gasteiger partial charge in [-0.1, -0.05) is 6.08 Å². The average molecular weight is 125 g/mol. The van der Waals surface area contributed by atoms with Gasteiger partial charge in [-0.05, 0) is 6.42 Å². The Kier molecular flexibility index (Phi) is 2.01. The van der Waals surface area contributed by atoms with Crippen molar-refractivity contribution in [3.8, 4) is 0 Å². The lowest BCUT2D eigenvalue weighted by Gasteiger charge is -2.02. The molecule has 0 aliphatic carbocycles. The second kappa shape index (κ2) is 2.78. The van der Waals surface area contributed by atoms with Gasteiger partial charge in [0.25, 0.3) is 0 Å². The summed E-state index contributed by atoms with van der Waals surface area (Å²) < 4.78 is 0. The van der Waals surface area contributed by atoms with Crippen molar-refractivity contribution in [2.24, 2.45) is 0 Å². The second-order valence-corrected chi connectivity index (χ2v) is 2.35. The number of carbonyl (C=O) groups excluding carboxylic acids is 1. The fourth-order valence-corrected chi connectivity index (χ4v) is 1.05. The zero-order valence-corrected chi connectivity index (χ0v) is 5.39. The van der Waals surface area contributed by atoms with Crippen LogP contribution in [0.3, 0.4) is 0 Å². The maximum atomic E-state index is 10.6. The second-order valence-electron chi connectivity index (χ2n) is 2.35. The van der Waals surface area contributed by atoms with Gasteiger partial charge in [0, 0.05) is 12.5 Å². The number of nitrogens with one attached hydrogen (secondary N) is 1. The van der Waals surface area contributed by atoms with Crippen LogP contribution in [-0.4, -0.2) is 18.4 Å². The minimum absolute atomic E-state index is 0.321. The topological polar surface area (TPSA) is 29.1 Å². The predicted molar refractivity (Wildman–Crippen MR) is 36.2 cm³/mol. The van der Waals surface area contributed by atoms with Crippen molar-refractivity contribution < 1.29 is 4.79 Å². The van der Waals surface area contributed by atoms with Crippen LogP contribution in [0.1, 0.15) is 12.8 Å². The summed E-state index contributed by atoms with van der Waals surface area (Å²) in [7, 11) is 0. The Morgan fingerprint density at radius 1 is 1.89 bits per heavy atom. The summed E-state index contributed by atoms with van der Waals surface area (Å²) in [6.45, 7) is 4.15. The number of rotatable bonds is 2. The van der Waals surface area contributed by atoms with Crippen molar-refractivity contribution in [3.63, 3.8) is 0 Å². The molecular weight excluding hydrogens is 114 g/mol. The Morgan fingerprint density at radius 3 is 3.11 bits per heavy atom. The fraction of sp³-hybridized carbons (Fsp3) is 0.571. The van der Waals surface area contributed by atoms with E-state index in [1.165, 1.54) is 0 Å². The van der Waals surface area contributed by atoms with Gasteiger partial charge >= 0.3 is 0 Å². The van der Waals surface area contributed by atoms with E-state index in [-0.39, 0.29) is 0 Å². The number of ketones is 1. The Morgan fingerprint density at radius 2 is 2.67 bits per heavy atom. The largest absolute Gasteiger partial charge is 0.306 e. The van der Waals surface area contributed by atoms with E-state index in [4.69, 9.17) is 0 Å². The summed E-state index contributed by atoms with van der Waals surface area (Å²) >= 11 is 0. The van der Waals surface area contributed by atoms with Gasteiger partial charge in [0.15, 0.2) is 0 Å². The van der Waals surface area contributed by atoms with Crippen LogP contribution >= 0.6 is 0 Å². The molecule has 9 heavy (non-hydrogen) atoms. The number of hydrogen-bond donors (Lipinski definition) is 1. The van der Waals surface area contributed by atoms with Crippen LogP contribution in [0.5, 0.6) is 0 Å². The molecule has 1 rings (SSSR count). The van der Waals surface area contributed by atoms with E-state index < -0.39 is 0 Å². The van der Waals surface area contributed by atoms with Crippen LogP contribution in [0, 0.1) is 0 Å². The minimum atomic E-state index is 0.321. The Bertz CT molecular complexity index is 131. The highest BCUT2D eigenvalue weighted by atomic mass is 16.1. The van der Waals surface area contributed by atoms with Gasteiger partial charge in [0.05, 0.1) is 6.54 Å². The molecule has 1 saturated heterocycles. The first-order valence-electron chi connectivity index (χ1n) is 3.19. The van der Waals surface area contributed by atoms with Crippen LogP contribution in [0.2, 0.25) is 0 Å². The maximum Gasteiger partial charge on any atom is 0.148 e. The van der Waals surface area contributed by atoms with Crippen LogP contribution in [0.4, 0.5) is 0 Å². The molecule has 50 valence electrons. The van der Waals surface area contributed by atoms with Gasteiger partial charge in [-0.15, -0.1) is 6.58 Å². The molecule has 1 atom stereocenters. The molecule has 1 aliphatic rings. The molecular formula is C7H11NO. The zero-order valence-electron chi connectivity index (χ0n) is 5.39. The van der Waals surface area contributed by atoms with E-state index in [0.717, 1.165) is 6.42 Å². The third kappa shape index (κ3) is 1.64. The van der Waals surface area contributed by atoms with Gasteiger partial charge in [0.2, 0.25) is 0 Å². The van der Waals surface area contributed by atoms with Crippen molar-refractivity contribution >= 4 is 5.78 Å². The number of carbonyl (C=O) groups is 1. The SMILES string of the molecule is C=CCC1CC(=O)CN1. The molecule has 1 fully saturated rings. The highest BCUT2D eigenvalue weighted by molar-refractivity contribution is 5.83. The smallest absolute Gasteiger partial charge is 0.148 e. The van der Waals surface area contributed by atoms with Crippen molar-refractivity contribution in [1.29, 1.82) is 0 Å². The average Bonchev–Trinajstić information content (AvgIpc) is 2.17. The van der Waals surface area contributed by atoms with E-state index in [0.29, 0.717) is 24.8 Å². The van der Waals surface area contributed by atoms with E-state index in [1.807, 2.05) is 6.08 Å². The summed E-state index contributed by atoms with van der Waals surface area (Å²) in [5.41, 5.74) is 0. The zero-order chi connectivity index (χ0) is 6.69. The number of Topliss-reactive ketones (excluding diaryl/α,β-unsaturated/α-hetero) is 1. The number of hydrogen-bond acceptors (Lipinski definition) is 2. The summed E-state index contributed by atoms with van der Waals surface area (Å²) in [6, 6.07) is 0.370. The lowest BCUT2D eigenvalue weighted by atomic mass is 10.1. The molecule has 0 aromatic heterocycles. The van der Waals surface area contributed by atoms with Crippen molar-refractivity contribution in [3.05, 3.63) is 12.7 Å². The first-order chi connectivity index (χ1) is 4.33. The molecule has 0 spiro atoms. The molecule has 0 aromatic rings. The first-order valence-corrected chi connectivity index (χ1v) is 3.19. The molecule has 1 unspecified atom stereocenters. The molecule has 1 aliphatic heterocycles. The van der Waals surface area contributed by atoms with Crippen LogP contribution in [-0.2, 0) is 4.79 Å². The maximum absolute atomic E-state index is 10.6. The molecule has 0 saturated carbocycles. The van der Waals surface area contributed by atoms with E-state index in [2.05, 4.69) is 11.9 Å². The van der Waals surface area contributed by atoms with Gasteiger partial charge in [-0.3, -0.25) is 4.79 Å². The summed E-state index contributed by atoms with van der Waals surface area (Å²) in [5, 5.41) is 3.09. The molecule has 2 heteroatoms. The monoisotopic (exact) mass is 125 g/mol. The van der Waals surface area contributed by atoms with Gasteiger partial charge in [-0.25, -0.2) is 0 Å². The molecule has 0 aromatic carbocycles. The molecule has 0 radical (unpaired) electrons. The van der Waals surface area contributed by atoms with E-state index >= 15 is 0 Å². The van der Waals surface area contributed by atoms with Crippen LogP contribution < -0.4 is 5.32 Å². The lowest BCUT2D eigenvalue weighted by Crippen LogP contribution is -2.20. The summed E-state index contributed by atoms with van der Waals surface area (Å²) in [6.07, 6.45) is 3.44. The molecule has 0 bridgehead atoms.